The molecule has 0 aromatic carbocycles. The first-order valence-corrected chi connectivity index (χ1v) is 8.32. The van der Waals surface area contributed by atoms with Crippen LogP contribution in [0.3, 0.4) is 0 Å². The molecule has 0 radical (unpaired) electrons. The summed E-state index contributed by atoms with van der Waals surface area (Å²) < 4.78 is 10.9. The number of hydrogen-bond donors (Lipinski definition) is 0. The van der Waals surface area contributed by atoms with E-state index in [4.69, 9.17) is 9.47 Å². The highest BCUT2D eigenvalue weighted by Gasteiger charge is 1.95. The molecule has 0 amide bonds. The van der Waals surface area contributed by atoms with Crippen molar-refractivity contribution in [3.05, 3.63) is 0 Å². The molecule has 0 saturated carbocycles. The first kappa shape index (κ1) is 16.6. The Morgan fingerprint density at radius 3 is 1.38 bits per heavy atom. The molecule has 0 unspecified atom stereocenters. The monoisotopic (exact) mass is 266 g/mol. The molecule has 0 saturated heterocycles. The average Bonchev–Trinajstić information content (AvgIpc) is 2.20. The van der Waals surface area contributed by atoms with Gasteiger partial charge in [0.1, 0.15) is 0 Å². The molecule has 98 valence electrons. The fraction of sp³-hybridized carbons (Fsp3) is 1.00. The molecule has 0 rings (SSSR count). The van der Waals surface area contributed by atoms with Gasteiger partial charge in [-0.25, -0.2) is 0 Å². The van der Waals surface area contributed by atoms with Gasteiger partial charge in [0, 0.05) is 23.0 Å². The maximum Gasteiger partial charge on any atom is 0.0560 e. The van der Waals surface area contributed by atoms with E-state index < -0.39 is 0 Å². The van der Waals surface area contributed by atoms with Crippen molar-refractivity contribution in [2.75, 3.05) is 36.2 Å². The van der Waals surface area contributed by atoms with Crippen molar-refractivity contribution in [2.45, 2.75) is 39.9 Å². The van der Waals surface area contributed by atoms with Crippen molar-refractivity contribution in [3.8, 4) is 0 Å². The summed E-state index contributed by atoms with van der Waals surface area (Å²) in [5.74, 6) is 4.66. The van der Waals surface area contributed by atoms with Gasteiger partial charge in [0.05, 0.1) is 25.4 Å². The quantitative estimate of drug-likeness (QED) is 0.534. The fourth-order valence-corrected chi connectivity index (χ4v) is 2.79. The third-order valence-corrected chi connectivity index (χ3v) is 3.88. The molecular formula is C12H26O2S2. The molecule has 0 N–H and O–H groups in total. The lowest BCUT2D eigenvalue weighted by molar-refractivity contribution is 0.0917. The predicted octanol–water partition coefficient (Wildman–Crippen LogP) is 3.30. The summed E-state index contributed by atoms with van der Waals surface area (Å²) in [5.41, 5.74) is 0. The highest BCUT2D eigenvalue weighted by Crippen LogP contribution is 2.07. The average molecular weight is 266 g/mol. The molecular weight excluding hydrogens is 240 g/mol. The molecule has 0 atom stereocenters. The molecule has 0 aromatic rings. The predicted molar refractivity (Wildman–Crippen MR) is 76.8 cm³/mol. The second-order valence-electron chi connectivity index (χ2n) is 4.06. The van der Waals surface area contributed by atoms with Crippen LogP contribution in [0.1, 0.15) is 27.7 Å². The van der Waals surface area contributed by atoms with Crippen molar-refractivity contribution in [1.82, 2.24) is 0 Å². The summed E-state index contributed by atoms with van der Waals surface area (Å²) in [6.45, 7) is 10.1. The Labute approximate surface area is 109 Å². The number of ether oxygens (including phenoxy) is 2. The van der Waals surface area contributed by atoms with Crippen molar-refractivity contribution < 1.29 is 9.47 Å². The van der Waals surface area contributed by atoms with Gasteiger partial charge < -0.3 is 9.47 Å². The van der Waals surface area contributed by atoms with E-state index in [-0.39, 0.29) is 0 Å². The molecule has 0 spiro atoms. The molecule has 4 heteroatoms. The van der Waals surface area contributed by atoms with Crippen LogP contribution >= 0.6 is 23.5 Å². The molecule has 0 aliphatic heterocycles. The summed E-state index contributed by atoms with van der Waals surface area (Å²) in [6, 6.07) is 0. The zero-order valence-electron chi connectivity index (χ0n) is 11.0. The largest absolute Gasteiger partial charge is 0.378 e. The van der Waals surface area contributed by atoms with E-state index in [1.54, 1.807) is 0 Å². The Balaban J connectivity index is 2.93. The first-order valence-electron chi connectivity index (χ1n) is 6.01. The topological polar surface area (TPSA) is 18.5 Å². The summed E-state index contributed by atoms with van der Waals surface area (Å²) in [7, 11) is 0. The lowest BCUT2D eigenvalue weighted by Gasteiger charge is -2.08. The SMILES string of the molecule is CC(C)OCCSCCSCCOC(C)C. The number of rotatable bonds is 11. The van der Waals surface area contributed by atoms with E-state index in [0.717, 1.165) is 24.7 Å². The van der Waals surface area contributed by atoms with Gasteiger partial charge in [-0.05, 0) is 27.7 Å². The van der Waals surface area contributed by atoms with Gasteiger partial charge in [0.2, 0.25) is 0 Å². The highest BCUT2D eigenvalue weighted by atomic mass is 32.2. The lowest BCUT2D eigenvalue weighted by Crippen LogP contribution is -2.07. The maximum atomic E-state index is 5.47. The van der Waals surface area contributed by atoms with E-state index >= 15 is 0 Å². The van der Waals surface area contributed by atoms with Gasteiger partial charge in [0.15, 0.2) is 0 Å². The molecule has 0 bridgehead atoms. The summed E-state index contributed by atoms with van der Waals surface area (Å²) in [4.78, 5) is 0. The minimum absolute atomic E-state index is 0.364. The van der Waals surface area contributed by atoms with E-state index in [1.165, 1.54) is 11.5 Å². The Morgan fingerprint density at radius 2 is 1.06 bits per heavy atom. The minimum Gasteiger partial charge on any atom is -0.378 e. The molecule has 0 heterocycles. The number of hydrogen-bond acceptors (Lipinski definition) is 4. The van der Waals surface area contributed by atoms with Gasteiger partial charge >= 0.3 is 0 Å². The Hall–Kier alpha value is 0.620. The number of thioether (sulfide) groups is 2. The van der Waals surface area contributed by atoms with Crippen LogP contribution in [0.2, 0.25) is 0 Å². The molecule has 0 aliphatic rings. The Bertz CT molecular complexity index is 125. The van der Waals surface area contributed by atoms with Gasteiger partial charge in [0.25, 0.3) is 0 Å². The molecule has 0 aliphatic carbocycles. The van der Waals surface area contributed by atoms with Crippen LogP contribution < -0.4 is 0 Å². The standard InChI is InChI=1S/C12H26O2S2/c1-11(2)13-5-7-15-9-10-16-8-6-14-12(3)4/h11-12H,5-10H2,1-4H3. The van der Waals surface area contributed by atoms with Crippen LogP contribution in [-0.4, -0.2) is 48.4 Å². The summed E-state index contributed by atoms with van der Waals surface area (Å²) in [6.07, 6.45) is 0.728. The second kappa shape index (κ2) is 12.1. The van der Waals surface area contributed by atoms with Gasteiger partial charge in [-0.2, -0.15) is 23.5 Å². The molecule has 16 heavy (non-hydrogen) atoms. The van der Waals surface area contributed by atoms with Gasteiger partial charge in [-0.3, -0.25) is 0 Å². The molecule has 0 aromatic heterocycles. The van der Waals surface area contributed by atoms with E-state index in [0.29, 0.717) is 12.2 Å². The van der Waals surface area contributed by atoms with Crippen LogP contribution in [0, 0.1) is 0 Å². The van der Waals surface area contributed by atoms with Crippen LogP contribution in [-0.2, 0) is 9.47 Å². The Kier molecular flexibility index (Phi) is 12.6. The van der Waals surface area contributed by atoms with E-state index in [1.807, 2.05) is 23.5 Å². The van der Waals surface area contributed by atoms with Crippen molar-refractivity contribution in [3.63, 3.8) is 0 Å². The van der Waals surface area contributed by atoms with Crippen molar-refractivity contribution in [2.24, 2.45) is 0 Å². The normalized spacial score (nSPS) is 11.6. The summed E-state index contributed by atoms with van der Waals surface area (Å²) in [5, 5.41) is 0. The molecule has 2 nitrogen and oxygen atoms in total. The zero-order chi connectivity index (χ0) is 12.2. The fourth-order valence-electron chi connectivity index (χ4n) is 1.01. The highest BCUT2D eigenvalue weighted by molar-refractivity contribution is 8.02. The van der Waals surface area contributed by atoms with E-state index in [2.05, 4.69) is 27.7 Å². The molecule has 0 fully saturated rings. The zero-order valence-corrected chi connectivity index (χ0v) is 12.7. The van der Waals surface area contributed by atoms with Crippen LogP contribution in [0.25, 0.3) is 0 Å². The van der Waals surface area contributed by atoms with Gasteiger partial charge in [-0.15, -0.1) is 0 Å². The summed E-state index contributed by atoms with van der Waals surface area (Å²) >= 11 is 3.95. The minimum atomic E-state index is 0.364. The third kappa shape index (κ3) is 14.6. The Morgan fingerprint density at radius 1 is 0.688 bits per heavy atom. The van der Waals surface area contributed by atoms with Crippen molar-refractivity contribution in [1.29, 1.82) is 0 Å². The van der Waals surface area contributed by atoms with Crippen molar-refractivity contribution >= 4 is 23.5 Å². The third-order valence-electron chi connectivity index (χ3n) is 1.73. The first-order chi connectivity index (χ1) is 7.63. The smallest absolute Gasteiger partial charge is 0.0560 e. The van der Waals surface area contributed by atoms with Crippen LogP contribution in [0.4, 0.5) is 0 Å². The lowest BCUT2D eigenvalue weighted by atomic mass is 10.5. The van der Waals surface area contributed by atoms with Gasteiger partial charge in [-0.1, -0.05) is 0 Å². The van der Waals surface area contributed by atoms with E-state index in [9.17, 15) is 0 Å². The van der Waals surface area contributed by atoms with Crippen LogP contribution in [0.15, 0.2) is 0 Å². The second-order valence-corrected chi connectivity index (χ2v) is 6.51. The maximum absolute atomic E-state index is 5.47. The van der Waals surface area contributed by atoms with Crippen LogP contribution in [0.5, 0.6) is 0 Å².